The molecule has 0 bridgehead atoms. The van der Waals surface area contributed by atoms with E-state index in [4.69, 9.17) is 5.73 Å². The SMILES string of the molecule is CC(C)c1ccc(CN2CCc3cc(N)ccc32)cc1. The van der Waals surface area contributed by atoms with Crippen molar-refractivity contribution in [3.63, 3.8) is 0 Å². The monoisotopic (exact) mass is 266 g/mol. The Kier molecular flexibility index (Phi) is 3.39. The van der Waals surface area contributed by atoms with Crippen molar-refractivity contribution in [1.29, 1.82) is 0 Å². The summed E-state index contributed by atoms with van der Waals surface area (Å²) < 4.78 is 0. The first-order chi connectivity index (χ1) is 9.63. The van der Waals surface area contributed by atoms with Gasteiger partial charge >= 0.3 is 0 Å². The third-order valence-corrected chi connectivity index (χ3v) is 4.12. The van der Waals surface area contributed by atoms with Gasteiger partial charge in [-0.2, -0.15) is 0 Å². The molecule has 0 saturated carbocycles. The Bertz CT molecular complexity index is 599. The van der Waals surface area contributed by atoms with Crippen LogP contribution in [0.25, 0.3) is 0 Å². The average Bonchev–Trinajstić information content (AvgIpc) is 2.81. The molecule has 1 aliphatic heterocycles. The fourth-order valence-electron chi connectivity index (χ4n) is 2.88. The van der Waals surface area contributed by atoms with E-state index >= 15 is 0 Å². The standard InChI is InChI=1S/C18H22N2/c1-13(2)15-5-3-14(4-6-15)12-20-10-9-16-11-17(19)7-8-18(16)20/h3-8,11,13H,9-10,12,19H2,1-2H3. The molecule has 0 unspecified atom stereocenters. The predicted molar refractivity (Wildman–Crippen MR) is 86.1 cm³/mol. The smallest absolute Gasteiger partial charge is 0.0429 e. The fraction of sp³-hybridized carbons (Fsp3) is 0.333. The molecule has 2 aromatic carbocycles. The number of anilines is 2. The molecule has 1 heterocycles. The average molecular weight is 266 g/mol. The molecule has 0 aliphatic carbocycles. The van der Waals surface area contributed by atoms with Crippen LogP contribution in [0.3, 0.4) is 0 Å². The molecule has 0 aromatic heterocycles. The van der Waals surface area contributed by atoms with Crippen LogP contribution in [0.2, 0.25) is 0 Å². The molecule has 20 heavy (non-hydrogen) atoms. The predicted octanol–water partition coefficient (Wildman–Crippen LogP) is 3.95. The third kappa shape index (κ3) is 2.51. The number of nitrogens with two attached hydrogens (primary N) is 1. The normalized spacial score (nSPS) is 13.8. The Labute approximate surface area is 121 Å². The van der Waals surface area contributed by atoms with Gasteiger partial charge in [-0.25, -0.2) is 0 Å². The highest BCUT2D eigenvalue weighted by Gasteiger charge is 2.18. The summed E-state index contributed by atoms with van der Waals surface area (Å²) in [4.78, 5) is 2.44. The number of benzene rings is 2. The van der Waals surface area contributed by atoms with Gasteiger partial charge in [-0.1, -0.05) is 38.1 Å². The van der Waals surface area contributed by atoms with Gasteiger partial charge in [0.1, 0.15) is 0 Å². The Morgan fingerprint density at radius 3 is 2.55 bits per heavy atom. The van der Waals surface area contributed by atoms with E-state index < -0.39 is 0 Å². The van der Waals surface area contributed by atoms with Crippen molar-refractivity contribution in [2.24, 2.45) is 0 Å². The van der Waals surface area contributed by atoms with Gasteiger partial charge in [-0.05, 0) is 47.2 Å². The van der Waals surface area contributed by atoms with Crippen molar-refractivity contribution in [1.82, 2.24) is 0 Å². The zero-order valence-electron chi connectivity index (χ0n) is 12.3. The van der Waals surface area contributed by atoms with Crippen molar-refractivity contribution in [2.45, 2.75) is 32.7 Å². The van der Waals surface area contributed by atoms with Crippen molar-refractivity contribution in [3.05, 3.63) is 59.2 Å². The van der Waals surface area contributed by atoms with Crippen LogP contribution in [0.5, 0.6) is 0 Å². The Morgan fingerprint density at radius 2 is 1.85 bits per heavy atom. The first-order valence-corrected chi connectivity index (χ1v) is 7.35. The van der Waals surface area contributed by atoms with Crippen LogP contribution < -0.4 is 10.6 Å². The second-order valence-electron chi connectivity index (χ2n) is 5.96. The minimum Gasteiger partial charge on any atom is -0.399 e. The lowest BCUT2D eigenvalue weighted by atomic mass is 10.0. The Morgan fingerprint density at radius 1 is 1.10 bits per heavy atom. The molecule has 2 heteroatoms. The second-order valence-corrected chi connectivity index (χ2v) is 5.96. The molecule has 2 aromatic rings. The molecular formula is C18H22N2. The number of hydrogen-bond donors (Lipinski definition) is 1. The minimum absolute atomic E-state index is 0.597. The largest absolute Gasteiger partial charge is 0.399 e. The van der Waals surface area contributed by atoms with Crippen molar-refractivity contribution in [2.75, 3.05) is 17.2 Å². The van der Waals surface area contributed by atoms with Crippen LogP contribution in [0.1, 0.15) is 36.5 Å². The summed E-state index contributed by atoms with van der Waals surface area (Å²) in [5.74, 6) is 0.597. The van der Waals surface area contributed by atoms with Crippen LogP contribution >= 0.6 is 0 Å². The van der Waals surface area contributed by atoms with E-state index in [1.165, 1.54) is 22.4 Å². The first-order valence-electron chi connectivity index (χ1n) is 7.35. The maximum atomic E-state index is 5.86. The van der Waals surface area contributed by atoms with E-state index in [1.54, 1.807) is 0 Å². The summed E-state index contributed by atoms with van der Waals surface area (Å²) in [6, 6.07) is 15.3. The van der Waals surface area contributed by atoms with Gasteiger partial charge in [0.2, 0.25) is 0 Å². The Hall–Kier alpha value is -1.96. The molecule has 0 spiro atoms. The van der Waals surface area contributed by atoms with Gasteiger partial charge in [-0.3, -0.25) is 0 Å². The van der Waals surface area contributed by atoms with Gasteiger partial charge < -0.3 is 10.6 Å². The van der Waals surface area contributed by atoms with Crippen molar-refractivity contribution < 1.29 is 0 Å². The molecule has 0 atom stereocenters. The quantitative estimate of drug-likeness (QED) is 0.852. The third-order valence-electron chi connectivity index (χ3n) is 4.12. The van der Waals surface area contributed by atoms with Crippen molar-refractivity contribution in [3.8, 4) is 0 Å². The van der Waals surface area contributed by atoms with Crippen LogP contribution in [-0.4, -0.2) is 6.54 Å². The van der Waals surface area contributed by atoms with E-state index in [2.05, 4.69) is 55.1 Å². The summed E-state index contributed by atoms with van der Waals surface area (Å²) in [5.41, 5.74) is 12.2. The van der Waals surface area contributed by atoms with Gasteiger partial charge in [-0.15, -0.1) is 0 Å². The summed E-state index contributed by atoms with van der Waals surface area (Å²) in [6.45, 7) is 6.53. The van der Waals surface area contributed by atoms with E-state index in [-0.39, 0.29) is 0 Å². The Balaban J connectivity index is 1.77. The zero-order valence-corrected chi connectivity index (χ0v) is 12.3. The highest BCUT2D eigenvalue weighted by atomic mass is 15.1. The molecule has 0 amide bonds. The maximum Gasteiger partial charge on any atom is 0.0429 e. The van der Waals surface area contributed by atoms with Gasteiger partial charge in [0, 0.05) is 24.5 Å². The van der Waals surface area contributed by atoms with Gasteiger partial charge in [0.15, 0.2) is 0 Å². The molecule has 1 aliphatic rings. The molecule has 0 radical (unpaired) electrons. The fourth-order valence-corrected chi connectivity index (χ4v) is 2.88. The van der Waals surface area contributed by atoms with E-state index in [0.717, 1.165) is 25.2 Å². The van der Waals surface area contributed by atoms with Crippen LogP contribution in [0, 0.1) is 0 Å². The summed E-state index contributed by atoms with van der Waals surface area (Å²) >= 11 is 0. The lowest BCUT2D eigenvalue weighted by Crippen LogP contribution is -2.19. The summed E-state index contributed by atoms with van der Waals surface area (Å²) in [7, 11) is 0. The molecule has 2 N–H and O–H groups in total. The maximum absolute atomic E-state index is 5.86. The van der Waals surface area contributed by atoms with E-state index in [1.807, 2.05) is 6.07 Å². The number of fused-ring (bicyclic) bond motifs is 1. The van der Waals surface area contributed by atoms with Crippen LogP contribution in [-0.2, 0) is 13.0 Å². The lowest BCUT2D eigenvalue weighted by molar-refractivity contribution is 0.830. The lowest BCUT2D eigenvalue weighted by Gasteiger charge is -2.20. The topological polar surface area (TPSA) is 29.3 Å². The minimum atomic E-state index is 0.597. The van der Waals surface area contributed by atoms with E-state index in [0.29, 0.717) is 5.92 Å². The molecule has 3 rings (SSSR count). The molecule has 2 nitrogen and oxygen atoms in total. The number of nitrogen functional groups attached to an aromatic ring is 1. The highest BCUT2D eigenvalue weighted by Crippen LogP contribution is 2.30. The first kappa shape index (κ1) is 13.0. The molecular weight excluding hydrogens is 244 g/mol. The van der Waals surface area contributed by atoms with Gasteiger partial charge in [0.25, 0.3) is 0 Å². The van der Waals surface area contributed by atoms with Crippen LogP contribution in [0.4, 0.5) is 11.4 Å². The molecule has 104 valence electrons. The summed E-state index contributed by atoms with van der Waals surface area (Å²) in [5, 5.41) is 0. The van der Waals surface area contributed by atoms with Gasteiger partial charge in [0.05, 0.1) is 0 Å². The highest BCUT2D eigenvalue weighted by molar-refractivity contribution is 5.63. The zero-order chi connectivity index (χ0) is 14.1. The number of rotatable bonds is 3. The van der Waals surface area contributed by atoms with Crippen LogP contribution in [0.15, 0.2) is 42.5 Å². The molecule has 0 saturated heterocycles. The van der Waals surface area contributed by atoms with E-state index in [9.17, 15) is 0 Å². The van der Waals surface area contributed by atoms with Crippen molar-refractivity contribution >= 4 is 11.4 Å². The number of nitrogens with zero attached hydrogens (tertiary/aromatic N) is 1. The molecule has 0 fully saturated rings. The second kappa shape index (κ2) is 5.20. The number of hydrogen-bond acceptors (Lipinski definition) is 2. The summed E-state index contributed by atoms with van der Waals surface area (Å²) in [6.07, 6.45) is 1.10.